The molecule has 1 saturated heterocycles. The van der Waals surface area contributed by atoms with Gasteiger partial charge >= 0.3 is 0 Å². The monoisotopic (exact) mass is 387 g/mol. The lowest BCUT2D eigenvalue weighted by Crippen LogP contribution is -2.51. The normalized spacial score (nSPS) is 14.1. The van der Waals surface area contributed by atoms with Crippen LogP contribution in [0.5, 0.6) is 0 Å². The first-order valence-electron chi connectivity index (χ1n) is 9.10. The van der Waals surface area contributed by atoms with Crippen LogP contribution in [-0.2, 0) is 9.59 Å². The molecule has 2 heterocycles. The maximum Gasteiger partial charge on any atom is 0.289 e. The number of piperazine rings is 1. The van der Waals surface area contributed by atoms with Crippen molar-refractivity contribution in [1.82, 2.24) is 9.80 Å². The zero-order valence-electron chi connectivity index (χ0n) is 15.6. The van der Waals surface area contributed by atoms with Gasteiger partial charge in [-0.15, -0.1) is 0 Å². The van der Waals surface area contributed by atoms with E-state index in [0.717, 1.165) is 0 Å². The average molecular weight is 387 g/mol. The van der Waals surface area contributed by atoms with E-state index in [-0.39, 0.29) is 42.1 Å². The molecule has 3 rings (SSSR count). The molecule has 148 valence electrons. The second-order valence-corrected chi connectivity index (χ2v) is 6.52. The van der Waals surface area contributed by atoms with Crippen LogP contribution in [0.1, 0.15) is 23.9 Å². The fourth-order valence-corrected chi connectivity index (χ4v) is 3.20. The van der Waals surface area contributed by atoms with Gasteiger partial charge in [0.1, 0.15) is 5.82 Å². The Labute approximate surface area is 162 Å². The largest absolute Gasteiger partial charge is 0.459 e. The van der Waals surface area contributed by atoms with Crippen molar-refractivity contribution in [1.29, 1.82) is 0 Å². The molecule has 1 fully saturated rings. The lowest BCUT2D eigenvalue weighted by molar-refractivity contribution is -0.132. The average Bonchev–Trinajstić information content (AvgIpc) is 3.23. The minimum absolute atomic E-state index is 0.0834. The number of furan rings is 1. The Balaban J connectivity index is 1.53. The van der Waals surface area contributed by atoms with E-state index in [1.165, 1.54) is 30.2 Å². The molecule has 0 saturated carbocycles. The van der Waals surface area contributed by atoms with Gasteiger partial charge in [0.2, 0.25) is 11.8 Å². The zero-order valence-corrected chi connectivity index (χ0v) is 15.6. The van der Waals surface area contributed by atoms with E-state index in [1.54, 1.807) is 34.1 Å². The molecule has 0 N–H and O–H groups in total. The Bertz CT molecular complexity index is 845. The number of para-hydroxylation sites is 1. The molecule has 1 aromatic heterocycles. The van der Waals surface area contributed by atoms with Gasteiger partial charge in [0.05, 0.1) is 12.0 Å². The molecule has 1 aliphatic rings. The van der Waals surface area contributed by atoms with Crippen molar-refractivity contribution >= 4 is 23.4 Å². The Hall–Kier alpha value is -3.16. The van der Waals surface area contributed by atoms with E-state index in [2.05, 4.69) is 0 Å². The molecule has 0 unspecified atom stereocenters. The zero-order chi connectivity index (χ0) is 20.1. The predicted octanol–water partition coefficient (Wildman–Crippen LogP) is 2.15. The number of carbonyl (C=O) groups excluding carboxylic acids is 3. The van der Waals surface area contributed by atoms with Gasteiger partial charge in [0, 0.05) is 46.1 Å². The second kappa shape index (κ2) is 8.69. The van der Waals surface area contributed by atoms with Crippen LogP contribution in [0.2, 0.25) is 0 Å². The number of anilines is 1. The second-order valence-electron chi connectivity index (χ2n) is 6.52. The van der Waals surface area contributed by atoms with Gasteiger partial charge in [0.25, 0.3) is 5.91 Å². The lowest BCUT2D eigenvalue weighted by Gasteiger charge is -2.34. The first-order chi connectivity index (χ1) is 13.5. The standard InChI is InChI=1S/C20H22FN3O4/c1-15(25)24(17-6-3-2-5-16(17)21)9-8-19(26)22-10-12-23(13-11-22)20(27)18-7-4-14-28-18/h2-7,14H,8-13H2,1H3. The smallest absolute Gasteiger partial charge is 0.289 e. The third-order valence-electron chi connectivity index (χ3n) is 4.72. The number of halogens is 1. The topological polar surface area (TPSA) is 74.1 Å². The maximum atomic E-state index is 14.0. The van der Waals surface area contributed by atoms with Crippen LogP contribution < -0.4 is 4.90 Å². The Morgan fingerprint density at radius 2 is 1.71 bits per heavy atom. The molecule has 0 radical (unpaired) electrons. The summed E-state index contributed by atoms with van der Waals surface area (Å²) < 4.78 is 19.1. The number of nitrogens with zero attached hydrogens (tertiary/aromatic N) is 3. The van der Waals surface area contributed by atoms with Crippen LogP contribution in [0.15, 0.2) is 47.1 Å². The Morgan fingerprint density at radius 3 is 2.32 bits per heavy atom. The summed E-state index contributed by atoms with van der Waals surface area (Å²) in [7, 11) is 0. The van der Waals surface area contributed by atoms with Gasteiger partial charge in [-0.3, -0.25) is 14.4 Å². The Morgan fingerprint density at radius 1 is 1.04 bits per heavy atom. The van der Waals surface area contributed by atoms with Crippen molar-refractivity contribution in [2.45, 2.75) is 13.3 Å². The number of amides is 3. The maximum absolute atomic E-state index is 14.0. The summed E-state index contributed by atoms with van der Waals surface area (Å²) in [6, 6.07) is 9.25. The highest BCUT2D eigenvalue weighted by Crippen LogP contribution is 2.19. The van der Waals surface area contributed by atoms with Crippen LogP contribution in [0.3, 0.4) is 0 Å². The van der Waals surface area contributed by atoms with Gasteiger partial charge in [-0.2, -0.15) is 0 Å². The van der Waals surface area contributed by atoms with E-state index in [4.69, 9.17) is 4.42 Å². The molecule has 28 heavy (non-hydrogen) atoms. The van der Waals surface area contributed by atoms with Crippen molar-refractivity contribution in [3.63, 3.8) is 0 Å². The summed E-state index contributed by atoms with van der Waals surface area (Å²) in [4.78, 5) is 41.3. The molecule has 7 nitrogen and oxygen atoms in total. The van der Waals surface area contributed by atoms with Crippen LogP contribution >= 0.6 is 0 Å². The molecular weight excluding hydrogens is 365 g/mol. The van der Waals surface area contributed by atoms with Gasteiger partial charge < -0.3 is 19.1 Å². The first kappa shape index (κ1) is 19.6. The van der Waals surface area contributed by atoms with E-state index in [0.29, 0.717) is 26.2 Å². The molecule has 1 aliphatic heterocycles. The van der Waals surface area contributed by atoms with Crippen LogP contribution in [-0.4, -0.2) is 60.2 Å². The van der Waals surface area contributed by atoms with E-state index in [1.807, 2.05) is 0 Å². The van der Waals surface area contributed by atoms with Gasteiger partial charge in [-0.05, 0) is 24.3 Å². The van der Waals surface area contributed by atoms with Crippen LogP contribution in [0.4, 0.5) is 10.1 Å². The summed E-state index contributed by atoms with van der Waals surface area (Å²) in [5, 5.41) is 0. The minimum atomic E-state index is -0.504. The van der Waals surface area contributed by atoms with Crippen molar-refractivity contribution in [2.24, 2.45) is 0 Å². The molecule has 3 amide bonds. The quantitative estimate of drug-likeness (QED) is 0.788. The number of rotatable bonds is 5. The summed E-state index contributed by atoms with van der Waals surface area (Å²) in [5.74, 6) is -0.879. The molecule has 0 atom stereocenters. The summed E-state index contributed by atoms with van der Waals surface area (Å²) in [6.07, 6.45) is 1.53. The van der Waals surface area contributed by atoms with E-state index in [9.17, 15) is 18.8 Å². The third-order valence-corrected chi connectivity index (χ3v) is 4.72. The van der Waals surface area contributed by atoms with Crippen molar-refractivity contribution in [3.05, 3.63) is 54.2 Å². The minimum Gasteiger partial charge on any atom is -0.459 e. The highest BCUT2D eigenvalue weighted by Gasteiger charge is 2.26. The number of benzene rings is 1. The van der Waals surface area contributed by atoms with Crippen LogP contribution in [0, 0.1) is 5.82 Å². The van der Waals surface area contributed by atoms with Crippen molar-refractivity contribution < 1.29 is 23.2 Å². The summed E-state index contributed by atoms with van der Waals surface area (Å²) in [6.45, 7) is 3.08. The van der Waals surface area contributed by atoms with Crippen molar-refractivity contribution in [3.8, 4) is 0 Å². The van der Waals surface area contributed by atoms with Crippen molar-refractivity contribution in [2.75, 3.05) is 37.6 Å². The molecule has 8 heteroatoms. The fraction of sp³-hybridized carbons (Fsp3) is 0.350. The SMILES string of the molecule is CC(=O)N(CCC(=O)N1CCN(C(=O)c2ccco2)CC1)c1ccccc1F. The van der Waals surface area contributed by atoms with E-state index < -0.39 is 5.82 Å². The van der Waals surface area contributed by atoms with Gasteiger partial charge in [-0.1, -0.05) is 12.1 Å². The molecule has 0 spiro atoms. The number of hydrogen-bond acceptors (Lipinski definition) is 4. The molecule has 2 aromatic rings. The van der Waals surface area contributed by atoms with Crippen LogP contribution in [0.25, 0.3) is 0 Å². The molecule has 0 aliphatic carbocycles. The summed E-state index contributed by atoms with van der Waals surface area (Å²) >= 11 is 0. The predicted molar refractivity (Wildman–Crippen MR) is 100 cm³/mol. The molecule has 0 bridgehead atoms. The lowest BCUT2D eigenvalue weighted by atomic mass is 10.2. The highest BCUT2D eigenvalue weighted by molar-refractivity contribution is 5.93. The number of carbonyl (C=O) groups is 3. The Kier molecular flexibility index (Phi) is 6.08. The highest BCUT2D eigenvalue weighted by atomic mass is 19.1. The van der Waals surface area contributed by atoms with Gasteiger partial charge in [0.15, 0.2) is 5.76 Å². The molecular formula is C20H22FN3O4. The van der Waals surface area contributed by atoms with Gasteiger partial charge in [-0.25, -0.2) is 4.39 Å². The third kappa shape index (κ3) is 4.39. The number of hydrogen-bond donors (Lipinski definition) is 0. The fourth-order valence-electron chi connectivity index (χ4n) is 3.20. The first-order valence-corrected chi connectivity index (χ1v) is 9.10. The van der Waals surface area contributed by atoms with E-state index >= 15 is 0 Å². The molecule has 1 aromatic carbocycles. The summed E-state index contributed by atoms with van der Waals surface area (Å²) in [5.41, 5.74) is 0.164.